The van der Waals surface area contributed by atoms with Gasteiger partial charge in [0, 0.05) is 5.39 Å². The molecule has 0 amide bonds. The van der Waals surface area contributed by atoms with Crippen molar-refractivity contribution in [2.24, 2.45) is 0 Å². The Balaban J connectivity index is 1.64. The average molecular weight is 322 g/mol. The molecule has 4 aromatic rings. The minimum absolute atomic E-state index is 0.462. The molecule has 2 aromatic carbocycles. The molecule has 0 radical (unpaired) electrons. The number of halogens is 1. The fourth-order valence-electron chi connectivity index (χ4n) is 2.39. The Morgan fingerprint density at radius 2 is 1.61 bits per heavy atom. The van der Waals surface area contributed by atoms with Gasteiger partial charge in [0.1, 0.15) is 16.7 Å². The van der Waals surface area contributed by atoms with Gasteiger partial charge in [0.15, 0.2) is 0 Å². The van der Waals surface area contributed by atoms with Crippen LogP contribution in [-0.4, -0.2) is 14.8 Å². The van der Waals surface area contributed by atoms with Crippen molar-refractivity contribution in [2.75, 3.05) is 0 Å². The molecule has 4 rings (SSSR count). The minimum Gasteiger partial charge on any atom is -0.457 e. The van der Waals surface area contributed by atoms with Gasteiger partial charge < -0.3 is 4.74 Å². The first-order chi connectivity index (χ1) is 11.3. The van der Waals surface area contributed by atoms with Crippen molar-refractivity contribution in [1.82, 2.24) is 14.8 Å². The number of fused-ring (bicyclic) bond motifs is 1. The molecule has 0 aliphatic rings. The molecule has 2 aromatic heterocycles. The summed E-state index contributed by atoms with van der Waals surface area (Å²) in [5.41, 5.74) is 1.84. The highest BCUT2D eigenvalue weighted by molar-refractivity contribution is 6.30. The van der Waals surface area contributed by atoms with E-state index in [-0.39, 0.29) is 0 Å². The molecule has 0 saturated carbocycles. The maximum Gasteiger partial charge on any atom is 0.129 e. The third-order valence-corrected chi connectivity index (χ3v) is 3.69. The van der Waals surface area contributed by atoms with E-state index in [4.69, 9.17) is 16.3 Å². The van der Waals surface area contributed by atoms with Crippen LogP contribution < -0.4 is 4.74 Å². The van der Waals surface area contributed by atoms with E-state index in [0.29, 0.717) is 5.15 Å². The highest BCUT2D eigenvalue weighted by atomic mass is 35.5. The van der Waals surface area contributed by atoms with Crippen molar-refractivity contribution in [1.29, 1.82) is 0 Å². The second-order valence-corrected chi connectivity index (χ2v) is 5.42. The van der Waals surface area contributed by atoms with Crippen LogP contribution in [0.5, 0.6) is 11.5 Å². The second-order valence-electron chi connectivity index (χ2n) is 5.03. The van der Waals surface area contributed by atoms with Gasteiger partial charge in [-0.15, -0.1) is 0 Å². The zero-order chi connectivity index (χ0) is 15.6. The van der Waals surface area contributed by atoms with Crippen LogP contribution in [0.25, 0.3) is 16.6 Å². The summed E-state index contributed by atoms with van der Waals surface area (Å²) >= 11 is 5.91. The summed E-state index contributed by atoms with van der Waals surface area (Å²) in [7, 11) is 0. The minimum atomic E-state index is 0.462. The third-order valence-electron chi connectivity index (χ3n) is 3.48. The van der Waals surface area contributed by atoms with Crippen molar-refractivity contribution in [3.63, 3.8) is 0 Å². The largest absolute Gasteiger partial charge is 0.457 e. The number of para-hydroxylation sites is 1. The van der Waals surface area contributed by atoms with Crippen LogP contribution in [0.1, 0.15) is 0 Å². The van der Waals surface area contributed by atoms with E-state index in [1.807, 2.05) is 59.3 Å². The van der Waals surface area contributed by atoms with E-state index in [1.165, 1.54) is 0 Å². The van der Waals surface area contributed by atoms with Crippen LogP contribution in [0.4, 0.5) is 0 Å². The SMILES string of the molecule is Clc1cc2cnn(-c3ccc(Oc4ccccc4)cc3)c2cn1. The van der Waals surface area contributed by atoms with Crippen molar-refractivity contribution < 1.29 is 4.74 Å². The number of ether oxygens (including phenoxy) is 1. The number of hydrogen-bond donors (Lipinski definition) is 0. The van der Waals surface area contributed by atoms with E-state index in [2.05, 4.69) is 10.1 Å². The number of aromatic nitrogens is 3. The molecule has 0 saturated heterocycles. The van der Waals surface area contributed by atoms with E-state index >= 15 is 0 Å². The molecule has 0 bridgehead atoms. The lowest BCUT2D eigenvalue weighted by atomic mass is 10.3. The van der Waals surface area contributed by atoms with E-state index < -0.39 is 0 Å². The average Bonchev–Trinajstić information content (AvgIpc) is 2.99. The zero-order valence-electron chi connectivity index (χ0n) is 12.1. The Morgan fingerprint density at radius 1 is 0.870 bits per heavy atom. The standard InChI is InChI=1S/C18H12ClN3O/c19-18-10-13-11-21-22(17(13)12-20-18)14-6-8-16(9-7-14)23-15-4-2-1-3-5-15/h1-12H. The van der Waals surface area contributed by atoms with Crippen molar-refractivity contribution in [2.45, 2.75) is 0 Å². The van der Waals surface area contributed by atoms with Gasteiger partial charge in [-0.05, 0) is 42.5 Å². The molecule has 0 N–H and O–H groups in total. The lowest BCUT2D eigenvalue weighted by Gasteiger charge is -2.07. The summed E-state index contributed by atoms with van der Waals surface area (Å²) < 4.78 is 7.62. The van der Waals surface area contributed by atoms with Gasteiger partial charge in [-0.25, -0.2) is 9.67 Å². The molecule has 4 nitrogen and oxygen atoms in total. The van der Waals surface area contributed by atoms with E-state index in [9.17, 15) is 0 Å². The molecule has 0 unspecified atom stereocenters. The summed E-state index contributed by atoms with van der Waals surface area (Å²) in [4.78, 5) is 4.12. The Kier molecular flexibility index (Phi) is 3.44. The fraction of sp³-hybridized carbons (Fsp3) is 0. The maximum absolute atomic E-state index is 5.91. The van der Waals surface area contributed by atoms with E-state index in [0.717, 1.165) is 28.1 Å². The molecule has 0 spiro atoms. The number of benzene rings is 2. The molecule has 0 fully saturated rings. The second kappa shape index (κ2) is 5.74. The molecule has 0 aliphatic heterocycles. The molecule has 23 heavy (non-hydrogen) atoms. The first-order valence-corrected chi connectivity index (χ1v) is 7.50. The number of pyridine rings is 1. The molecule has 0 aliphatic carbocycles. The Bertz CT molecular complexity index is 949. The van der Waals surface area contributed by atoms with Crippen LogP contribution >= 0.6 is 11.6 Å². The molecule has 0 atom stereocenters. The van der Waals surface area contributed by atoms with Crippen molar-refractivity contribution >= 4 is 22.5 Å². The maximum atomic E-state index is 5.91. The van der Waals surface area contributed by atoms with Crippen LogP contribution in [0.2, 0.25) is 5.15 Å². The quantitative estimate of drug-likeness (QED) is 0.506. The smallest absolute Gasteiger partial charge is 0.129 e. The lowest BCUT2D eigenvalue weighted by molar-refractivity contribution is 0.482. The van der Waals surface area contributed by atoms with Crippen LogP contribution in [0.3, 0.4) is 0 Å². The monoisotopic (exact) mass is 321 g/mol. The first-order valence-electron chi connectivity index (χ1n) is 7.12. The van der Waals surface area contributed by atoms with E-state index in [1.54, 1.807) is 18.5 Å². The first kappa shape index (κ1) is 13.8. The van der Waals surface area contributed by atoms with Crippen LogP contribution in [0.15, 0.2) is 73.1 Å². The highest BCUT2D eigenvalue weighted by Crippen LogP contribution is 2.24. The third kappa shape index (κ3) is 2.76. The Labute approximate surface area is 137 Å². The van der Waals surface area contributed by atoms with Crippen molar-refractivity contribution in [3.8, 4) is 17.2 Å². The number of rotatable bonds is 3. The van der Waals surface area contributed by atoms with Gasteiger partial charge in [-0.3, -0.25) is 0 Å². The van der Waals surface area contributed by atoms with Crippen LogP contribution in [-0.2, 0) is 0 Å². The van der Waals surface area contributed by atoms with Crippen molar-refractivity contribution in [3.05, 3.63) is 78.2 Å². The lowest BCUT2D eigenvalue weighted by Crippen LogP contribution is -1.96. The summed E-state index contributed by atoms with van der Waals surface area (Å²) in [6, 6.07) is 19.2. The predicted octanol–water partition coefficient (Wildman–Crippen LogP) is 4.87. The Hall–Kier alpha value is -2.85. The molecule has 5 heteroatoms. The summed E-state index contributed by atoms with van der Waals surface area (Å²) in [5, 5.41) is 5.81. The normalized spacial score (nSPS) is 10.8. The van der Waals surface area contributed by atoms with Gasteiger partial charge in [0.25, 0.3) is 0 Å². The van der Waals surface area contributed by atoms with Gasteiger partial charge >= 0.3 is 0 Å². The summed E-state index contributed by atoms with van der Waals surface area (Å²) in [5.74, 6) is 1.58. The molecule has 112 valence electrons. The summed E-state index contributed by atoms with van der Waals surface area (Å²) in [6.45, 7) is 0. The number of nitrogens with zero attached hydrogens (tertiary/aromatic N) is 3. The van der Waals surface area contributed by atoms with Gasteiger partial charge in [0.05, 0.1) is 23.6 Å². The zero-order valence-corrected chi connectivity index (χ0v) is 12.8. The highest BCUT2D eigenvalue weighted by Gasteiger charge is 2.06. The van der Waals surface area contributed by atoms with Gasteiger partial charge in [0.2, 0.25) is 0 Å². The van der Waals surface area contributed by atoms with Crippen LogP contribution in [0, 0.1) is 0 Å². The Morgan fingerprint density at radius 3 is 2.39 bits per heavy atom. The summed E-state index contributed by atoms with van der Waals surface area (Å²) in [6.07, 6.45) is 3.50. The molecular formula is C18H12ClN3O. The van der Waals surface area contributed by atoms with Gasteiger partial charge in [-0.2, -0.15) is 5.10 Å². The van der Waals surface area contributed by atoms with Gasteiger partial charge in [-0.1, -0.05) is 29.8 Å². The predicted molar refractivity (Wildman–Crippen MR) is 90.4 cm³/mol. The molecular weight excluding hydrogens is 310 g/mol. The molecule has 2 heterocycles. The topological polar surface area (TPSA) is 39.9 Å². The number of hydrogen-bond acceptors (Lipinski definition) is 3. The fourth-order valence-corrected chi connectivity index (χ4v) is 2.55.